The van der Waals surface area contributed by atoms with E-state index in [1.54, 1.807) is 12.3 Å². The van der Waals surface area contributed by atoms with Gasteiger partial charge in [0.1, 0.15) is 0 Å². The summed E-state index contributed by atoms with van der Waals surface area (Å²) in [6.07, 6.45) is 6.58. The van der Waals surface area contributed by atoms with Gasteiger partial charge >= 0.3 is 0 Å². The fourth-order valence-corrected chi connectivity index (χ4v) is 1.32. The number of rotatable bonds is 5. The molecule has 0 amide bonds. The molecule has 0 atom stereocenters. The van der Waals surface area contributed by atoms with Crippen LogP contribution in [0, 0.1) is 0 Å². The van der Waals surface area contributed by atoms with Crippen molar-refractivity contribution in [1.82, 2.24) is 0 Å². The van der Waals surface area contributed by atoms with Crippen LogP contribution in [-0.4, -0.2) is 23.2 Å². The Morgan fingerprint density at radius 3 is 3.14 bits per heavy atom. The molecule has 1 aliphatic heterocycles. The highest BCUT2D eigenvalue weighted by Gasteiger charge is 2.11. The molecule has 4 heteroatoms. The molecule has 0 saturated heterocycles. The highest BCUT2D eigenvalue weighted by molar-refractivity contribution is 7.78. The summed E-state index contributed by atoms with van der Waals surface area (Å²) in [7, 11) is 0. The number of hydrogen-bond acceptors (Lipinski definition) is 4. The van der Waals surface area contributed by atoms with Crippen molar-refractivity contribution in [1.29, 1.82) is 0 Å². The number of nitrogens with zero attached hydrogens (tertiary/aromatic N) is 2. The van der Waals surface area contributed by atoms with Crippen molar-refractivity contribution in [2.24, 2.45) is 9.98 Å². The number of carbonyl (C=O) groups excluding carboxylic acids is 1. The summed E-state index contributed by atoms with van der Waals surface area (Å²) in [5.74, 6) is 0.144. The van der Waals surface area contributed by atoms with Gasteiger partial charge in [-0.05, 0) is 31.5 Å². The number of thiocarbonyl (C=S) groups is 1. The minimum Gasteiger partial charge on any atom is -0.292 e. The Bertz CT molecular complexity index is 314. The first kappa shape index (κ1) is 11.0. The second-order valence-electron chi connectivity index (χ2n) is 3.02. The molecule has 74 valence electrons. The third-order valence-corrected chi connectivity index (χ3v) is 2.09. The third kappa shape index (κ3) is 3.73. The summed E-state index contributed by atoms with van der Waals surface area (Å²) in [6.45, 7) is 0.695. The van der Waals surface area contributed by atoms with Crippen LogP contribution in [0.1, 0.15) is 25.7 Å². The Morgan fingerprint density at radius 2 is 2.43 bits per heavy atom. The Hall–Kier alpha value is -1.12. The number of isothiocyanates is 1. The predicted molar refractivity (Wildman–Crippen MR) is 59.9 cm³/mol. The summed E-state index contributed by atoms with van der Waals surface area (Å²) in [5, 5.41) is 2.31. The topological polar surface area (TPSA) is 41.8 Å². The summed E-state index contributed by atoms with van der Waals surface area (Å²) in [4.78, 5) is 19.1. The second kappa shape index (κ2) is 6.35. The predicted octanol–water partition coefficient (Wildman–Crippen LogP) is 2.19. The zero-order chi connectivity index (χ0) is 10.2. The molecule has 0 aromatic rings. The van der Waals surface area contributed by atoms with Gasteiger partial charge in [0.2, 0.25) is 0 Å². The molecule has 1 rings (SSSR count). The van der Waals surface area contributed by atoms with Crippen LogP contribution in [0.3, 0.4) is 0 Å². The number of hydrogen-bond donors (Lipinski definition) is 0. The SMILES string of the molecule is O=C1CC=CN=C1CCCCN=C=S. The van der Waals surface area contributed by atoms with Crippen LogP contribution in [0.2, 0.25) is 0 Å². The zero-order valence-corrected chi connectivity index (χ0v) is 8.72. The average molecular weight is 208 g/mol. The van der Waals surface area contributed by atoms with E-state index in [9.17, 15) is 4.79 Å². The quantitative estimate of drug-likeness (QED) is 0.395. The molecular weight excluding hydrogens is 196 g/mol. The van der Waals surface area contributed by atoms with Gasteiger partial charge in [0.05, 0.1) is 10.9 Å². The van der Waals surface area contributed by atoms with E-state index >= 15 is 0 Å². The van der Waals surface area contributed by atoms with E-state index in [1.807, 2.05) is 0 Å². The third-order valence-electron chi connectivity index (χ3n) is 1.96. The van der Waals surface area contributed by atoms with Gasteiger partial charge in [0, 0.05) is 19.2 Å². The molecule has 14 heavy (non-hydrogen) atoms. The van der Waals surface area contributed by atoms with Gasteiger partial charge in [-0.1, -0.05) is 6.08 Å². The van der Waals surface area contributed by atoms with Crippen molar-refractivity contribution in [3.8, 4) is 0 Å². The number of allylic oxidation sites excluding steroid dienone is 1. The van der Waals surface area contributed by atoms with Crippen molar-refractivity contribution in [2.45, 2.75) is 25.7 Å². The minimum absolute atomic E-state index is 0.144. The molecule has 0 saturated carbocycles. The number of ketones is 1. The van der Waals surface area contributed by atoms with E-state index in [4.69, 9.17) is 0 Å². The van der Waals surface area contributed by atoms with Crippen molar-refractivity contribution >= 4 is 28.9 Å². The maximum absolute atomic E-state index is 11.3. The van der Waals surface area contributed by atoms with E-state index in [0.29, 0.717) is 18.7 Å². The van der Waals surface area contributed by atoms with Crippen molar-refractivity contribution < 1.29 is 4.79 Å². The summed E-state index contributed by atoms with van der Waals surface area (Å²) in [6, 6.07) is 0. The second-order valence-corrected chi connectivity index (χ2v) is 3.20. The molecule has 0 aliphatic carbocycles. The molecule has 0 aromatic carbocycles. The lowest BCUT2D eigenvalue weighted by molar-refractivity contribution is -0.112. The van der Waals surface area contributed by atoms with Crippen LogP contribution < -0.4 is 0 Å². The Labute approximate surface area is 88.6 Å². The monoisotopic (exact) mass is 208 g/mol. The average Bonchev–Trinajstić information content (AvgIpc) is 2.20. The maximum atomic E-state index is 11.3. The highest BCUT2D eigenvalue weighted by atomic mass is 32.1. The normalized spacial score (nSPS) is 14.9. The smallest absolute Gasteiger partial charge is 0.180 e. The molecule has 0 bridgehead atoms. The zero-order valence-electron chi connectivity index (χ0n) is 7.90. The first-order chi connectivity index (χ1) is 6.84. The van der Waals surface area contributed by atoms with Crippen LogP contribution in [-0.2, 0) is 4.79 Å². The van der Waals surface area contributed by atoms with E-state index < -0.39 is 0 Å². The molecule has 1 aliphatic rings. The van der Waals surface area contributed by atoms with E-state index in [-0.39, 0.29) is 5.78 Å². The van der Waals surface area contributed by atoms with E-state index in [1.165, 1.54) is 0 Å². The fraction of sp³-hybridized carbons (Fsp3) is 0.500. The van der Waals surface area contributed by atoms with Gasteiger partial charge < -0.3 is 0 Å². The Balaban J connectivity index is 2.23. The van der Waals surface area contributed by atoms with Gasteiger partial charge in [-0.15, -0.1) is 0 Å². The standard InChI is InChI=1S/C10H12N2OS/c13-10-5-3-7-12-9(10)4-1-2-6-11-8-14/h3,7H,1-2,4-6H2. The summed E-state index contributed by atoms with van der Waals surface area (Å²) >= 11 is 4.44. The maximum Gasteiger partial charge on any atom is 0.180 e. The highest BCUT2D eigenvalue weighted by Crippen LogP contribution is 2.06. The van der Waals surface area contributed by atoms with Gasteiger partial charge in [0.15, 0.2) is 5.78 Å². The molecule has 0 spiro atoms. The molecule has 0 radical (unpaired) electrons. The summed E-state index contributed by atoms with van der Waals surface area (Å²) < 4.78 is 0. The van der Waals surface area contributed by atoms with Crippen molar-refractivity contribution in [2.75, 3.05) is 6.54 Å². The lowest BCUT2D eigenvalue weighted by Crippen LogP contribution is -2.14. The van der Waals surface area contributed by atoms with Crippen LogP contribution in [0.5, 0.6) is 0 Å². The lowest BCUT2D eigenvalue weighted by Gasteiger charge is -2.05. The van der Waals surface area contributed by atoms with Crippen LogP contribution in [0.15, 0.2) is 22.3 Å². The molecular formula is C10H12N2OS. The molecule has 0 unspecified atom stereocenters. The first-order valence-corrected chi connectivity index (χ1v) is 5.04. The molecule has 3 nitrogen and oxygen atoms in total. The molecule has 0 aromatic heterocycles. The van der Waals surface area contributed by atoms with Gasteiger partial charge in [-0.3, -0.25) is 9.79 Å². The number of carbonyl (C=O) groups is 1. The van der Waals surface area contributed by atoms with Gasteiger partial charge in [0.25, 0.3) is 0 Å². The largest absolute Gasteiger partial charge is 0.292 e. The van der Waals surface area contributed by atoms with E-state index in [0.717, 1.165) is 19.3 Å². The van der Waals surface area contributed by atoms with Gasteiger partial charge in [-0.2, -0.15) is 0 Å². The van der Waals surface area contributed by atoms with Crippen LogP contribution in [0.25, 0.3) is 0 Å². The van der Waals surface area contributed by atoms with Crippen molar-refractivity contribution in [3.05, 3.63) is 12.3 Å². The lowest BCUT2D eigenvalue weighted by atomic mass is 10.1. The van der Waals surface area contributed by atoms with Gasteiger partial charge in [-0.25, -0.2) is 4.99 Å². The summed E-state index contributed by atoms with van der Waals surface area (Å²) in [5.41, 5.74) is 0.693. The molecule has 0 fully saturated rings. The number of unbranched alkanes of at least 4 members (excludes halogenated alkanes) is 1. The number of Topliss-reactive ketones (excluding diaryl/α,β-unsaturated/α-hetero) is 1. The number of aliphatic imine (C=N–C) groups is 2. The minimum atomic E-state index is 0.144. The Morgan fingerprint density at radius 1 is 1.57 bits per heavy atom. The van der Waals surface area contributed by atoms with Crippen LogP contribution in [0.4, 0.5) is 0 Å². The fourth-order valence-electron chi connectivity index (χ4n) is 1.23. The van der Waals surface area contributed by atoms with E-state index in [2.05, 4.69) is 27.4 Å². The first-order valence-electron chi connectivity index (χ1n) is 4.63. The molecule has 1 heterocycles. The van der Waals surface area contributed by atoms with Crippen molar-refractivity contribution in [3.63, 3.8) is 0 Å². The molecule has 0 N–H and O–H groups in total. The van der Waals surface area contributed by atoms with Crippen LogP contribution >= 0.6 is 12.2 Å². The Kier molecular flexibility index (Phi) is 4.97.